The Labute approximate surface area is 136 Å². The van der Waals surface area contributed by atoms with Crippen LogP contribution in [0, 0.1) is 0 Å². The number of hydrogen-bond donors (Lipinski definition) is 1. The highest BCUT2D eigenvalue weighted by Gasteiger charge is 2.00. The zero-order valence-corrected chi connectivity index (χ0v) is 13.0. The van der Waals surface area contributed by atoms with Gasteiger partial charge in [-0.25, -0.2) is 0 Å². The van der Waals surface area contributed by atoms with Gasteiger partial charge in [-0.05, 0) is 54.1 Å². The lowest BCUT2D eigenvalue weighted by molar-refractivity contribution is 0.306. The lowest BCUT2D eigenvalue weighted by atomic mass is 10.2. The first-order valence-corrected chi connectivity index (χ1v) is 7.56. The zero-order chi connectivity index (χ0) is 15.9. The Morgan fingerprint density at radius 3 is 1.87 bits per heavy atom. The first-order valence-electron chi connectivity index (χ1n) is 7.56. The lowest BCUT2D eigenvalue weighted by Crippen LogP contribution is -1.94. The second kappa shape index (κ2) is 7.36. The van der Waals surface area contributed by atoms with Crippen LogP contribution in [0.4, 0.5) is 5.69 Å². The van der Waals surface area contributed by atoms with E-state index >= 15 is 0 Å². The predicted molar refractivity (Wildman–Crippen MR) is 93.3 cm³/mol. The number of anilines is 1. The summed E-state index contributed by atoms with van der Waals surface area (Å²) >= 11 is 0. The molecule has 0 atom stereocenters. The van der Waals surface area contributed by atoms with Gasteiger partial charge in [0, 0.05) is 12.7 Å². The predicted octanol–water partition coefficient (Wildman–Crippen LogP) is 5.10. The fourth-order valence-corrected chi connectivity index (χ4v) is 2.17. The van der Waals surface area contributed by atoms with Gasteiger partial charge in [-0.15, -0.1) is 0 Å². The summed E-state index contributed by atoms with van der Waals surface area (Å²) in [6.45, 7) is 0.562. The van der Waals surface area contributed by atoms with Crippen LogP contribution in [0.1, 0.15) is 5.56 Å². The number of ether oxygens (including phenoxy) is 2. The average molecular weight is 305 g/mol. The molecule has 0 bridgehead atoms. The van der Waals surface area contributed by atoms with Crippen molar-refractivity contribution in [3.05, 3.63) is 84.4 Å². The van der Waals surface area contributed by atoms with Crippen LogP contribution in [0.3, 0.4) is 0 Å². The van der Waals surface area contributed by atoms with Crippen LogP contribution in [0.15, 0.2) is 78.9 Å². The molecule has 0 amide bonds. The monoisotopic (exact) mass is 305 g/mol. The van der Waals surface area contributed by atoms with Crippen molar-refractivity contribution in [3.63, 3.8) is 0 Å². The van der Waals surface area contributed by atoms with Crippen molar-refractivity contribution < 1.29 is 9.47 Å². The van der Waals surface area contributed by atoms with Crippen molar-refractivity contribution in [1.82, 2.24) is 0 Å². The van der Waals surface area contributed by atoms with E-state index in [1.807, 2.05) is 85.9 Å². The highest BCUT2D eigenvalue weighted by atomic mass is 16.5. The number of nitrogens with one attached hydrogen (secondary N) is 1. The fraction of sp³-hybridized carbons (Fsp3) is 0.100. The highest BCUT2D eigenvalue weighted by molar-refractivity contribution is 5.46. The average Bonchev–Trinajstić information content (AvgIpc) is 2.63. The van der Waals surface area contributed by atoms with E-state index in [1.165, 1.54) is 0 Å². The molecule has 0 aliphatic heterocycles. The first kappa shape index (κ1) is 15.0. The maximum atomic E-state index is 5.81. The van der Waals surface area contributed by atoms with Crippen LogP contribution in [0.25, 0.3) is 0 Å². The smallest absolute Gasteiger partial charge is 0.127 e. The summed E-state index contributed by atoms with van der Waals surface area (Å²) in [5, 5.41) is 3.08. The maximum absolute atomic E-state index is 5.81. The summed E-state index contributed by atoms with van der Waals surface area (Å²) in [5.41, 5.74) is 2.21. The van der Waals surface area contributed by atoms with Crippen LogP contribution < -0.4 is 14.8 Å². The summed E-state index contributed by atoms with van der Waals surface area (Å²) in [6.07, 6.45) is 0. The fourth-order valence-electron chi connectivity index (χ4n) is 2.17. The lowest BCUT2D eigenvalue weighted by Gasteiger charge is -2.09. The van der Waals surface area contributed by atoms with E-state index < -0.39 is 0 Å². The Kier molecular flexibility index (Phi) is 4.79. The Balaban J connectivity index is 1.58. The Morgan fingerprint density at radius 1 is 0.696 bits per heavy atom. The molecular weight excluding hydrogens is 286 g/mol. The summed E-state index contributed by atoms with van der Waals surface area (Å²) < 4.78 is 11.6. The van der Waals surface area contributed by atoms with Crippen LogP contribution in [0.2, 0.25) is 0 Å². The van der Waals surface area contributed by atoms with Crippen molar-refractivity contribution in [2.45, 2.75) is 6.61 Å². The highest BCUT2D eigenvalue weighted by Crippen LogP contribution is 2.25. The van der Waals surface area contributed by atoms with Gasteiger partial charge in [-0.3, -0.25) is 0 Å². The molecule has 23 heavy (non-hydrogen) atoms. The van der Waals surface area contributed by atoms with Crippen LogP contribution in [0.5, 0.6) is 17.2 Å². The number of hydrogen-bond acceptors (Lipinski definition) is 3. The largest absolute Gasteiger partial charge is 0.489 e. The molecule has 0 spiro atoms. The maximum Gasteiger partial charge on any atom is 0.127 e. The number of rotatable bonds is 6. The molecule has 0 saturated heterocycles. The molecular formula is C20H19NO2. The summed E-state index contributed by atoms with van der Waals surface area (Å²) in [6, 6.07) is 25.6. The van der Waals surface area contributed by atoms with Crippen LogP contribution >= 0.6 is 0 Å². The van der Waals surface area contributed by atoms with Gasteiger partial charge in [0.2, 0.25) is 0 Å². The van der Waals surface area contributed by atoms with E-state index in [4.69, 9.17) is 9.47 Å². The van der Waals surface area contributed by atoms with Gasteiger partial charge < -0.3 is 14.8 Å². The normalized spacial score (nSPS) is 10.1. The third kappa shape index (κ3) is 4.27. The molecule has 0 aliphatic rings. The standard InChI is InChI=1S/C20H19NO2/c1-21-17-7-9-19(10-8-17)23-20-13-11-18(12-14-20)22-15-16-5-3-2-4-6-16/h2-14,21H,15H2,1H3. The topological polar surface area (TPSA) is 30.5 Å². The van der Waals surface area contributed by atoms with Gasteiger partial charge in [-0.1, -0.05) is 30.3 Å². The molecule has 1 N–H and O–H groups in total. The Bertz CT molecular complexity index is 722. The van der Waals surface area contributed by atoms with Gasteiger partial charge in [0.15, 0.2) is 0 Å². The molecule has 0 radical (unpaired) electrons. The molecule has 0 aliphatic carbocycles. The number of benzene rings is 3. The quantitative estimate of drug-likeness (QED) is 0.687. The molecule has 0 unspecified atom stereocenters. The molecule has 3 rings (SSSR count). The second-order valence-electron chi connectivity index (χ2n) is 5.12. The molecule has 0 aromatic heterocycles. The molecule has 3 aromatic rings. The van der Waals surface area contributed by atoms with Crippen molar-refractivity contribution >= 4 is 5.69 Å². The van der Waals surface area contributed by atoms with Gasteiger partial charge in [-0.2, -0.15) is 0 Å². The molecule has 0 heterocycles. The van der Waals surface area contributed by atoms with Crippen LogP contribution in [-0.2, 0) is 6.61 Å². The van der Waals surface area contributed by atoms with Gasteiger partial charge >= 0.3 is 0 Å². The molecule has 3 aromatic carbocycles. The van der Waals surface area contributed by atoms with Crippen molar-refractivity contribution in [3.8, 4) is 17.2 Å². The minimum atomic E-state index is 0.562. The minimum Gasteiger partial charge on any atom is -0.489 e. The molecule has 0 saturated carbocycles. The van der Waals surface area contributed by atoms with Crippen molar-refractivity contribution in [2.75, 3.05) is 12.4 Å². The van der Waals surface area contributed by atoms with E-state index in [1.54, 1.807) is 0 Å². The van der Waals surface area contributed by atoms with Gasteiger partial charge in [0.1, 0.15) is 23.9 Å². The van der Waals surface area contributed by atoms with E-state index in [0.717, 1.165) is 28.5 Å². The molecule has 3 nitrogen and oxygen atoms in total. The summed E-state index contributed by atoms with van der Waals surface area (Å²) in [5.74, 6) is 2.42. The SMILES string of the molecule is CNc1ccc(Oc2ccc(OCc3ccccc3)cc2)cc1. The van der Waals surface area contributed by atoms with Gasteiger partial charge in [0.25, 0.3) is 0 Å². The van der Waals surface area contributed by atoms with E-state index in [9.17, 15) is 0 Å². The Hall–Kier alpha value is -2.94. The molecule has 0 fully saturated rings. The first-order chi connectivity index (χ1) is 11.3. The third-order valence-corrected chi connectivity index (χ3v) is 3.45. The van der Waals surface area contributed by atoms with Crippen LogP contribution in [-0.4, -0.2) is 7.05 Å². The van der Waals surface area contributed by atoms with Crippen molar-refractivity contribution in [1.29, 1.82) is 0 Å². The Morgan fingerprint density at radius 2 is 1.26 bits per heavy atom. The third-order valence-electron chi connectivity index (χ3n) is 3.45. The van der Waals surface area contributed by atoms with Gasteiger partial charge in [0.05, 0.1) is 0 Å². The molecule has 3 heteroatoms. The summed E-state index contributed by atoms with van der Waals surface area (Å²) in [7, 11) is 1.89. The van der Waals surface area contributed by atoms with E-state index in [0.29, 0.717) is 6.61 Å². The summed E-state index contributed by atoms with van der Waals surface area (Å²) in [4.78, 5) is 0. The van der Waals surface area contributed by atoms with E-state index in [2.05, 4.69) is 5.32 Å². The second-order valence-corrected chi connectivity index (χ2v) is 5.12. The molecule has 116 valence electrons. The zero-order valence-electron chi connectivity index (χ0n) is 13.0. The van der Waals surface area contributed by atoms with Crippen molar-refractivity contribution in [2.24, 2.45) is 0 Å². The van der Waals surface area contributed by atoms with E-state index in [-0.39, 0.29) is 0 Å². The minimum absolute atomic E-state index is 0.562.